The van der Waals surface area contributed by atoms with Crippen molar-refractivity contribution in [2.45, 2.75) is 56.6 Å². The van der Waals surface area contributed by atoms with Crippen LogP contribution in [0, 0.1) is 23.1 Å². The summed E-state index contributed by atoms with van der Waals surface area (Å²) in [5.74, 6) is 1.18. The van der Waals surface area contributed by atoms with Crippen molar-refractivity contribution in [2.75, 3.05) is 13.1 Å². The Bertz CT molecular complexity index is 977. The van der Waals surface area contributed by atoms with Crippen LogP contribution in [0.3, 0.4) is 0 Å². The Labute approximate surface area is 177 Å². The van der Waals surface area contributed by atoms with Gasteiger partial charge in [0.2, 0.25) is 0 Å². The summed E-state index contributed by atoms with van der Waals surface area (Å²) in [6, 6.07) is 9.47. The van der Waals surface area contributed by atoms with Crippen molar-refractivity contribution in [3.8, 4) is 11.8 Å². The quantitative estimate of drug-likeness (QED) is 0.759. The standard InChI is InChI=1S/C25H28FN3O/c1-16-18(12-27)7-10-24-25(16)23(13-28-24)17-5-8-20(9-6-17)29-14-22(15-29)30-21-4-2-3-19(26)11-21/h2-4,7,10-11,13,16-18,20,22,28H,5-6,8-9,14-15H2,1H3. The highest BCUT2D eigenvalue weighted by molar-refractivity contribution is 5.59. The fourth-order valence-corrected chi connectivity index (χ4v) is 5.48. The number of hydrogen-bond donors (Lipinski definition) is 1. The zero-order valence-corrected chi connectivity index (χ0v) is 17.4. The van der Waals surface area contributed by atoms with Crippen molar-refractivity contribution in [2.24, 2.45) is 5.92 Å². The average molecular weight is 406 g/mol. The highest BCUT2D eigenvalue weighted by Crippen LogP contribution is 2.43. The van der Waals surface area contributed by atoms with E-state index in [1.165, 1.54) is 54.6 Å². The van der Waals surface area contributed by atoms with Gasteiger partial charge >= 0.3 is 0 Å². The summed E-state index contributed by atoms with van der Waals surface area (Å²) in [6.45, 7) is 4.03. The van der Waals surface area contributed by atoms with E-state index in [2.05, 4.69) is 35.1 Å². The van der Waals surface area contributed by atoms with Crippen molar-refractivity contribution in [1.29, 1.82) is 5.26 Å². The third kappa shape index (κ3) is 3.54. The lowest BCUT2D eigenvalue weighted by Gasteiger charge is -2.46. The van der Waals surface area contributed by atoms with Gasteiger partial charge in [0.1, 0.15) is 17.7 Å². The van der Waals surface area contributed by atoms with Gasteiger partial charge in [0, 0.05) is 43.0 Å². The number of nitriles is 1. The first-order chi connectivity index (χ1) is 14.6. The van der Waals surface area contributed by atoms with Crippen LogP contribution in [0.15, 0.2) is 36.5 Å². The van der Waals surface area contributed by atoms with E-state index in [4.69, 9.17) is 4.74 Å². The van der Waals surface area contributed by atoms with Gasteiger partial charge in [-0.2, -0.15) is 5.26 Å². The first kappa shape index (κ1) is 19.4. The Kier molecular flexibility index (Phi) is 5.12. The van der Waals surface area contributed by atoms with E-state index in [-0.39, 0.29) is 23.8 Å². The van der Waals surface area contributed by atoms with E-state index in [1.54, 1.807) is 6.07 Å². The van der Waals surface area contributed by atoms with Crippen LogP contribution in [0.2, 0.25) is 0 Å². The smallest absolute Gasteiger partial charge is 0.126 e. The molecule has 0 spiro atoms. The van der Waals surface area contributed by atoms with Crippen molar-refractivity contribution < 1.29 is 9.13 Å². The molecule has 156 valence electrons. The number of ether oxygens (including phenoxy) is 1. The minimum absolute atomic E-state index is 0.0282. The molecule has 1 saturated carbocycles. The monoisotopic (exact) mass is 405 g/mol. The minimum atomic E-state index is -0.250. The van der Waals surface area contributed by atoms with Crippen molar-refractivity contribution >= 4 is 6.08 Å². The third-order valence-electron chi connectivity index (χ3n) is 7.23. The van der Waals surface area contributed by atoms with Gasteiger partial charge in [0.05, 0.1) is 12.0 Å². The Hall–Kier alpha value is -2.58. The van der Waals surface area contributed by atoms with Gasteiger partial charge in [0.15, 0.2) is 0 Å². The van der Waals surface area contributed by atoms with Crippen LogP contribution in [0.5, 0.6) is 5.75 Å². The maximum Gasteiger partial charge on any atom is 0.126 e. The van der Waals surface area contributed by atoms with E-state index in [1.807, 2.05) is 12.1 Å². The van der Waals surface area contributed by atoms with Gasteiger partial charge in [0.25, 0.3) is 0 Å². The summed E-state index contributed by atoms with van der Waals surface area (Å²) >= 11 is 0. The third-order valence-corrected chi connectivity index (χ3v) is 7.23. The average Bonchev–Trinajstić information content (AvgIpc) is 3.16. The fraction of sp³-hybridized carbons (Fsp3) is 0.480. The number of hydrogen-bond acceptors (Lipinski definition) is 3. The van der Waals surface area contributed by atoms with E-state index in [0.29, 0.717) is 17.7 Å². The number of nitrogens with zero attached hydrogens (tertiary/aromatic N) is 2. The summed E-state index contributed by atoms with van der Waals surface area (Å²) in [4.78, 5) is 5.96. The molecule has 2 atom stereocenters. The van der Waals surface area contributed by atoms with Crippen LogP contribution >= 0.6 is 0 Å². The second-order valence-corrected chi connectivity index (χ2v) is 9.03. The van der Waals surface area contributed by atoms with E-state index in [9.17, 15) is 9.65 Å². The molecule has 0 amide bonds. The predicted molar refractivity (Wildman–Crippen MR) is 115 cm³/mol. The molecule has 3 aliphatic rings. The fourth-order valence-electron chi connectivity index (χ4n) is 5.48. The number of allylic oxidation sites excluding steroid dienone is 1. The lowest BCUT2D eigenvalue weighted by molar-refractivity contribution is -0.0203. The van der Waals surface area contributed by atoms with Gasteiger partial charge in [-0.3, -0.25) is 4.90 Å². The second-order valence-electron chi connectivity index (χ2n) is 9.03. The summed E-state index contributed by atoms with van der Waals surface area (Å²) in [5, 5.41) is 9.44. The lowest BCUT2D eigenvalue weighted by Crippen LogP contribution is -2.58. The molecule has 2 aliphatic carbocycles. The predicted octanol–water partition coefficient (Wildman–Crippen LogP) is 5.21. The van der Waals surface area contributed by atoms with Gasteiger partial charge < -0.3 is 9.72 Å². The zero-order chi connectivity index (χ0) is 20.7. The summed E-state index contributed by atoms with van der Waals surface area (Å²) in [6.07, 6.45) is 11.2. The van der Waals surface area contributed by atoms with Gasteiger partial charge in [-0.1, -0.05) is 19.1 Å². The molecule has 1 aliphatic heterocycles. The summed E-state index contributed by atoms with van der Waals surface area (Å²) in [7, 11) is 0. The molecular weight excluding hydrogens is 377 g/mol. The number of nitrogens with one attached hydrogen (secondary N) is 1. The Balaban J connectivity index is 1.16. The SMILES string of the molecule is CC1c2c(C3CCC(N4CC(Oc5cccc(F)c5)C4)CC3)c[nH]c2C=CC1C#N. The molecule has 5 heteroatoms. The molecule has 0 radical (unpaired) electrons. The molecule has 2 unspecified atom stereocenters. The van der Waals surface area contributed by atoms with Gasteiger partial charge in [-0.25, -0.2) is 4.39 Å². The molecule has 2 fully saturated rings. The molecule has 0 bridgehead atoms. The van der Waals surface area contributed by atoms with Crippen molar-refractivity contribution in [3.63, 3.8) is 0 Å². The summed E-state index contributed by atoms with van der Waals surface area (Å²) in [5.41, 5.74) is 3.97. The van der Waals surface area contributed by atoms with Crippen molar-refractivity contribution in [1.82, 2.24) is 9.88 Å². The van der Waals surface area contributed by atoms with Crippen LogP contribution < -0.4 is 4.74 Å². The molecule has 1 N–H and O–H groups in total. The first-order valence-electron chi connectivity index (χ1n) is 11.1. The number of halogens is 1. The molecule has 4 nitrogen and oxygen atoms in total. The molecule has 1 aromatic carbocycles. The highest BCUT2D eigenvalue weighted by Gasteiger charge is 2.37. The van der Waals surface area contributed by atoms with Crippen LogP contribution in [-0.4, -0.2) is 35.1 Å². The Morgan fingerprint density at radius 2 is 2.00 bits per heavy atom. The topological polar surface area (TPSA) is 52.0 Å². The molecule has 1 saturated heterocycles. The number of rotatable bonds is 4. The number of aromatic nitrogens is 1. The Morgan fingerprint density at radius 3 is 2.73 bits per heavy atom. The molecule has 2 aromatic rings. The molecule has 5 rings (SSSR count). The maximum atomic E-state index is 13.3. The molecule has 30 heavy (non-hydrogen) atoms. The summed E-state index contributed by atoms with van der Waals surface area (Å²) < 4.78 is 19.2. The van der Waals surface area contributed by atoms with Crippen molar-refractivity contribution in [3.05, 3.63) is 59.2 Å². The number of likely N-dealkylation sites (tertiary alicyclic amines) is 1. The second kappa shape index (κ2) is 7.92. The number of aromatic amines is 1. The van der Waals surface area contributed by atoms with Crippen LogP contribution in [-0.2, 0) is 0 Å². The maximum absolute atomic E-state index is 13.3. The van der Waals surface area contributed by atoms with E-state index < -0.39 is 0 Å². The largest absolute Gasteiger partial charge is 0.488 e. The minimum Gasteiger partial charge on any atom is -0.488 e. The highest BCUT2D eigenvalue weighted by atomic mass is 19.1. The first-order valence-corrected chi connectivity index (χ1v) is 11.1. The molecule has 1 aromatic heterocycles. The van der Waals surface area contributed by atoms with E-state index >= 15 is 0 Å². The Morgan fingerprint density at radius 1 is 1.20 bits per heavy atom. The van der Waals surface area contributed by atoms with Crippen LogP contribution in [0.4, 0.5) is 4.39 Å². The van der Waals surface area contributed by atoms with Crippen LogP contribution in [0.25, 0.3) is 6.08 Å². The normalized spacial score (nSPS) is 29.1. The van der Waals surface area contributed by atoms with E-state index in [0.717, 1.165) is 13.1 Å². The molecule has 2 heterocycles. The van der Waals surface area contributed by atoms with Gasteiger partial charge in [-0.15, -0.1) is 0 Å². The van der Waals surface area contributed by atoms with Gasteiger partial charge in [-0.05, 0) is 60.9 Å². The number of fused-ring (bicyclic) bond motifs is 1. The van der Waals surface area contributed by atoms with Crippen LogP contribution in [0.1, 0.15) is 61.3 Å². The lowest BCUT2D eigenvalue weighted by atomic mass is 9.75. The number of benzene rings is 1. The molecular formula is C25H28FN3O. The zero-order valence-electron chi connectivity index (χ0n) is 17.4. The number of H-pyrrole nitrogens is 1.